The van der Waals surface area contributed by atoms with Crippen molar-refractivity contribution in [2.24, 2.45) is 7.05 Å². The molecule has 126 valence electrons. The van der Waals surface area contributed by atoms with Gasteiger partial charge in [0.2, 0.25) is 5.91 Å². The minimum Gasteiger partial charge on any atom is -0.357 e. The molecule has 0 bridgehead atoms. The van der Waals surface area contributed by atoms with Crippen LogP contribution in [-0.2, 0) is 11.8 Å². The summed E-state index contributed by atoms with van der Waals surface area (Å²) in [5, 5.41) is 7.37. The Hall–Kier alpha value is -2.57. The van der Waals surface area contributed by atoms with Crippen molar-refractivity contribution in [2.75, 3.05) is 0 Å². The van der Waals surface area contributed by atoms with Crippen molar-refractivity contribution < 1.29 is 9.59 Å². The maximum Gasteiger partial charge on any atom is 0.267 e. The smallest absolute Gasteiger partial charge is 0.267 e. The molecule has 4 rings (SSSR count). The van der Waals surface area contributed by atoms with E-state index in [1.54, 1.807) is 29.2 Å². The number of carbonyl (C=O) groups excluding carboxylic acids is 2. The van der Waals surface area contributed by atoms with E-state index in [-0.39, 0.29) is 23.9 Å². The number of piperidine rings is 1. The first-order chi connectivity index (χ1) is 11.6. The summed E-state index contributed by atoms with van der Waals surface area (Å²) in [7, 11) is 1.88. The van der Waals surface area contributed by atoms with Crippen LogP contribution in [0.2, 0.25) is 0 Å². The highest BCUT2D eigenvalue weighted by Crippen LogP contribution is 2.40. The number of hydrogen-bond acceptors (Lipinski definition) is 3. The van der Waals surface area contributed by atoms with Crippen LogP contribution in [0.15, 0.2) is 30.6 Å². The Bertz CT molecular complexity index is 747. The minimum absolute atomic E-state index is 0.116. The summed E-state index contributed by atoms with van der Waals surface area (Å²) in [6.07, 6.45) is 6.66. The molecule has 7 nitrogen and oxygen atoms in total. The number of aromatic amines is 1. The molecular weight excluding hydrogens is 306 g/mol. The van der Waals surface area contributed by atoms with Crippen molar-refractivity contribution in [3.63, 3.8) is 0 Å². The third-order valence-corrected chi connectivity index (χ3v) is 4.90. The van der Waals surface area contributed by atoms with E-state index in [4.69, 9.17) is 0 Å². The summed E-state index contributed by atoms with van der Waals surface area (Å²) >= 11 is 0. The van der Waals surface area contributed by atoms with Gasteiger partial charge >= 0.3 is 0 Å². The van der Waals surface area contributed by atoms with Crippen LogP contribution in [0.3, 0.4) is 0 Å². The first-order valence-corrected chi connectivity index (χ1v) is 8.38. The van der Waals surface area contributed by atoms with Crippen LogP contribution in [-0.4, -0.2) is 43.6 Å². The van der Waals surface area contributed by atoms with E-state index in [0.717, 1.165) is 18.5 Å². The number of nitrogens with zero attached hydrogens (tertiary/aromatic N) is 3. The zero-order chi connectivity index (χ0) is 16.7. The summed E-state index contributed by atoms with van der Waals surface area (Å²) in [5.41, 5.74) is 1.50. The molecule has 2 aliphatic rings. The first kappa shape index (κ1) is 15.0. The number of nitrogens with one attached hydrogen (secondary N) is 2. The van der Waals surface area contributed by atoms with Gasteiger partial charge in [-0.15, -0.1) is 0 Å². The second-order valence-electron chi connectivity index (χ2n) is 6.56. The molecule has 2 fully saturated rings. The molecule has 2 amide bonds. The van der Waals surface area contributed by atoms with Gasteiger partial charge in [-0.05, 0) is 37.5 Å². The summed E-state index contributed by atoms with van der Waals surface area (Å²) in [6.45, 7) is 0. The zero-order valence-electron chi connectivity index (χ0n) is 13.6. The van der Waals surface area contributed by atoms with Gasteiger partial charge in [0, 0.05) is 31.9 Å². The highest BCUT2D eigenvalue weighted by atomic mass is 16.2. The fraction of sp³-hybridized carbons (Fsp3) is 0.471. The topological polar surface area (TPSA) is 83.0 Å². The first-order valence-electron chi connectivity index (χ1n) is 8.38. The Labute approximate surface area is 140 Å². The van der Waals surface area contributed by atoms with Gasteiger partial charge in [-0.2, -0.15) is 5.10 Å². The lowest BCUT2D eigenvalue weighted by molar-refractivity contribution is -0.138. The van der Waals surface area contributed by atoms with Crippen LogP contribution in [0.4, 0.5) is 0 Å². The molecule has 1 saturated carbocycles. The third-order valence-electron chi connectivity index (χ3n) is 4.90. The van der Waals surface area contributed by atoms with E-state index >= 15 is 0 Å². The van der Waals surface area contributed by atoms with Crippen molar-refractivity contribution in [2.45, 2.75) is 43.8 Å². The Kier molecular flexibility index (Phi) is 3.63. The normalized spacial score (nSPS) is 24.2. The van der Waals surface area contributed by atoms with Crippen LogP contribution in [0.25, 0.3) is 0 Å². The molecule has 2 aromatic heterocycles. The lowest BCUT2D eigenvalue weighted by Gasteiger charge is -2.41. The Balaban J connectivity index is 1.64. The number of carbonyl (C=O) groups is 2. The lowest BCUT2D eigenvalue weighted by Crippen LogP contribution is -2.53. The van der Waals surface area contributed by atoms with Gasteiger partial charge < -0.3 is 15.2 Å². The largest absolute Gasteiger partial charge is 0.357 e. The van der Waals surface area contributed by atoms with Gasteiger partial charge in [-0.25, -0.2) is 0 Å². The summed E-state index contributed by atoms with van der Waals surface area (Å²) in [5.74, 6) is 0.0383. The molecule has 0 radical (unpaired) electrons. The van der Waals surface area contributed by atoms with E-state index in [9.17, 15) is 9.59 Å². The van der Waals surface area contributed by atoms with E-state index in [2.05, 4.69) is 15.4 Å². The average Bonchev–Trinajstić information content (AvgIpc) is 3.07. The standard InChI is InChI=1S/C17H21N5O2/c1-21-14(8-10-19-21)16-12(20-17(24)13-3-2-9-18-13)6-7-15(23)22(16)11-4-5-11/h2-3,8-12,16,18H,4-7H2,1H3,(H,20,24)/t12-,16-/m1/s1. The Morgan fingerprint density at radius 2 is 2.17 bits per heavy atom. The maximum absolute atomic E-state index is 12.5. The molecule has 0 aromatic carbocycles. The van der Waals surface area contributed by atoms with Gasteiger partial charge in [0.25, 0.3) is 5.91 Å². The number of aryl methyl sites for hydroxylation is 1. The predicted octanol–water partition coefficient (Wildman–Crippen LogP) is 1.37. The molecular formula is C17H21N5O2. The van der Waals surface area contributed by atoms with Crippen molar-refractivity contribution in [3.8, 4) is 0 Å². The molecule has 1 saturated heterocycles. The van der Waals surface area contributed by atoms with Crippen LogP contribution < -0.4 is 5.32 Å². The molecule has 1 aliphatic carbocycles. The Morgan fingerprint density at radius 3 is 2.79 bits per heavy atom. The van der Waals surface area contributed by atoms with E-state index in [1.807, 2.05) is 18.0 Å². The van der Waals surface area contributed by atoms with Crippen LogP contribution >= 0.6 is 0 Å². The lowest BCUT2D eigenvalue weighted by atomic mass is 9.92. The quantitative estimate of drug-likeness (QED) is 0.890. The van der Waals surface area contributed by atoms with Gasteiger partial charge in [-0.1, -0.05) is 0 Å². The fourth-order valence-electron chi connectivity index (χ4n) is 3.59. The van der Waals surface area contributed by atoms with Crippen molar-refractivity contribution >= 4 is 11.8 Å². The molecule has 0 unspecified atom stereocenters. The number of hydrogen-bond donors (Lipinski definition) is 2. The average molecular weight is 327 g/mol. The maximum atomic E-state index is 12.5. The number of amides is 2. The highest BCUT2D eigenvalue weighted by molar-refractivity contribution is 5.92. The highest BCUT2D eigenvalue weighted by Gasteiger charge is 2.45. The van der Waals surface area contributed by atoms with Crippen LogP contribution in [0, 0.1) is 0 Å². The number of H-pyrrole nitrogens is 1. The van der Waals surface area contributed by atoms with Crippen molar-refractivity contribution in [1.29, 1.82) is 0 Å². The molecule has 2 N–H and O–H groups in total. The molecule has 3 heterocycles. The molecule has 2 aromatic rings. The third kappa shape index (κ3) is 2.60. The van der Waals surface area contributed by atoms with E-state index < -0.39 is 0 Å². The molecule has 0 spiro atoms. The van der Waals surface area contributed by atoms with E-state index in [0.29, 0.717) is 24.6 Å². The number of rotatable bonds is 4. The molecule has 1 aliphatic heterocycles. The van der Waals surface area contributed by atoms with Gasteiger partial charge in [0.1, 0.15) is 5.69 Å². The summed E-state index contributed by atoms with van der Waals surface area (Å²) < 4.78 is 1.80. The molecule has 24 heavy (non-hydrogen) atoms. The Morgan fingerprint density at radius 1 is 1.33 bits per heavy atom. The number of likely N-dealkylation sites (tertiary alicyclic amines) is 1. The fourth-order valence-corrected chi connectivity index (χ4v) is 3.59. The SMILES string of the molecule is Cn1nccc1[C@H]1[C@H](NC(=O)c2ccc[nH]2)CCC(=O)N1C1CC1. The zero-order valence-corrected chi connectivity index (χ0v) is 13.6. The van der Waals surface area contributed by atoms with Crippen molar-refractivity contribution in [3.05, 3.63) is 42.0 Å². The van der Waals surface area contributed by atoms with Gasteiger partial charge in [0.15, 0.2) is 0 Å². The second-order valence-corrected chi connectivity index (χ2v) is 6.56. The molecule has 7 heteroatoms. The van der Waals surface area contributed by atoms with Crippen molar-refractivity contribution in [1.82, 2.24) is 25.0 Å². The predicted molar refractivity (Wildman–Crippen MR) is 87.1 cm³/mol. The van der Waals surface area contributed by atoms with Crippen LogP contribution in [0.1, 0.15) is 47.9 Å². The molecule has 2 atom stereocenters. The van der Waals surface area contributed by atoms with E-state index in [1.165, 1.54) is 0 Å². The number of aromatic nitrogens is 3. The summed E-state index contributed by atoms with van der Waals surface area (Å²) in [4.78, 5) is 29.9. The van der Waals surface area contributed by atoms with Gasteiger partial charge in [-0.3, -0.25) is 14.3 Å². The van der Waals surface area contributed by atoms with Crippen LogP contribution in [0.5, 0.6) is 0 Å². The monoisotopic (exact) mass is 327 g/mol. The minimum atomic E-state index is -0.162. The summed E-state index contributed by atoms with van der Waals surface area (Å²) in [6, 6.07) is 5.50. The van der Waals surface area contributed by atoms with Gasteiger partial charge in [0.05, 0.1) is 17.8 Å². The second kappa shape index (κ2) is 5.81.